The van der Waals surface area contributed by atoms with E-state index in [9.17, 15) is 4.79 Å². The molecule has 0 amide bonds. The van der Waals surface area contributed by atoms with Crippen LogP contribution in [-0.2, 0) is 0 Å². The van der Waals surface area contributed by atoms with Crippen molar-refractivity contribution in [3.05, 3.63) is 22.7 Å². The standard InChI is InChI=1S/C15H22N4O2/c1-3-19-6-4-5-10(19)9-18(2)13-8-12-14(7-11(13)16)21-15(20)17-12/h7-8,10H,3-6,9,16H2,1-2H3,(H,17,20). The molecule has 1 fully saturated rings. The van der Waals surface area contributed by atoms with Crippen molar-refractivity contribution < 1.29 is 4.42 Å². The van der Waals surface area contributed by atoms with Crippen molar-refractivity contribution in [3.63, 3.8) is 0 Å². The predicted molar refractivity (Wildman–Crippen MR) is 84.8 cm³/mol. The molecule has 6 nitrogen and oxygen atoms in total. The van der Waals surface area contributed by atoms with Crippen LogP contribution in [-0.4, -0.2) is 42.6 Å². The second-order valence-electron chi connectivity index (χ2n) is 5.73. The zero-order valence-electron chi connectivity index (χ0n) is 12.6. The monoisotopic (exact) mass is 290 g/mol. The van der Waals surface area contributed by atoms with Crippen LogP contribution in [0.3, 0.4) is 0 Å². The Morgan fingerprint density at radius 3 is 3.10 bits per heavy atom. The number of hydrogen-bond donors (Lipinski definition) is 2. The number of rotatable bonds is 4. The quantitative estimate of drug-likeness (QED) is 0.837. The number of benzene rings is 1. The van der Waals surface area contributed by atoms with Crippen LogP contribution in [0.2, 0.25) is 0 Å². The van der Waals surface area contributed by atoms with Gasteiger partial charge in [0.2, 0.25) is 0 Å². The molecule has 1 atom stereocenters. The molecule has 1 aliphatic rings. The van der Waals surface area contributed by atoms with E-state index in [1.807, 2.05) is 13.1 Å². The first-order valence-electron chi connectivity index (χ1n) is 7.46. The van der Waals surface area contributed by atoms with Gasteiger partial charge in [0.1, 0.15) is 0 Å². The van der Waals surface area contributed by atoms with Crippen LogP contribution in [0.15, 0.2) is 21.3 Å². The van der Waals surface area contributed by atoms with Crippen molar-refractivity contribution in [2.75, 3.05) is 37.3 Å². The molecule has 1 saturated heterocycles. The SMILES string of the molecule is CCN1CCCC1CN(C)c1cc2[nH]c(=O)oc2cc1N. The molecule has 0 spiro atoms. The second kappa shape index (κ2) is 5.44. The van der Waals surface area contributed by atoms with Crippen molar-refractivity contribution in [1.29, 1.82) is 0 Å². The number of aromatic amines is 1. The van der Waals surface area contributed by atoms with Crippen LogP contribution in [0.1, 0.15) is 19.8 Å². The van der Waals surface area contributed by atoms with Crippen molar-refractivity contribution in [2.24, 2.45) is 0 Å². The fourth-order valence-electron chi connectivity index (χ4n) is 3.26. The Hall–Kier alpha value is -1.95. The first-order valence-corrected chi connectivity index (χ1v) is 7.46. The van der Waals surface area contributed by atoms with E-state index >= 15 is 0 Å². The van der Waals surface area contributed by atoms with Crippen LogP contribution in [0.4, 0.5) is 11.4 Å². The molecule has 3 rings (SSSR count). The van der Waals surface area contributed by atoms with Crippen molar-refractivity contribution >= 4 is 22.5 Å². The number of nitrogen functional groups attached to an aromatic ring is 1. The summed E-state index contributed by atoms with van der Waals surface area (Å²) in [5.41, 5.74) is 8.87. The highest BCUT2D eigenvalue weighted by Crippen LogP contribution is 2.28. The Morgan fingerprint density at radius 2 is 2.33 bits per heavy atom. The van der Waals surface area contributed by atoms with Gasteiger partial charge in [-0.3, -0.25) is 9.88 Å². The van der Waals surface area contributed by atoms with E-state index in [1.54, 1.807) is 6.07 Å². The van der Waals surface area contributed by atoms with Gasteiger partial charge in [0.05, 0.1) is 16.9 Å². The first-order chi connectivity index (χ1) is 10.1. The molecule has 1 aliphatic heterocycles. The lowest BCUT2D eigenvalue weighted by atomic mass is 10.1. The third-order valence-corrected chi connectivity index (χ3v) is 4.37. The molecule has 6 heteroatoms. The summed E-state index contributed by atoms with van der Waals surface area (Å²) in [7, 11) is 2.04. The van der Waals surface area contributed by atoms with Gasteiger partial charge in [-0.25, -0.2) is 4.79 Å². The number of nitrogens with zero attached hydrogens (tertiary/aromatic N) is 2. The number of nitrogens with one attached hydrogen (secondary N) is 1. The van der Waals surface area contributed by atoms with Gasteiger partial charge < -0.3 is 15.1 Å². The second-order valence-corrected chi connectivity index (χ2v) is 5.73. The smallest absolute Gasteiger partial charge is 0.408 e. The van der Waals surface area contributed by atoms with Crippen LogP contribution in [0, 0.1) is 0 Å². The summed E-state index contributed by atoms with van der Waals surface area (Å²) in [6.45, 7) is 5.40. The molecule has 2 aromatic rings. The van der Waals surface area contributed by atoms with Gasteiger partial charge >= 0.3 is 5.76 Å². The highest BCUT2D eigenvalue weighted by atomic mass is 16.4. The lowest BCUT2D eigenvalue weighted by Crippen LogP contribution is -2.38. The highest BCUT2D eigenvalue weighted by Gasteiger charge is 2.24. The average molecular weight is 290 g/mol. The normalized spacial score (nSPS) is 19.4. The van der Waals surface area contributed by atoms with E-state index < -0.39 is 5.76 Å². The first kappa shape index (κ1) is 14.0. The van der Waals surface area contributed by atoms with E-state index in [0.29, 0.717) is 22.8 Å². The van der Waals surface area contributed by atoms with Gasteiger partial charge in [-0.1, -0.05) is 6.92 Å². The number of anilines is 2. The number of fused-ring (bicyclic) bond motifs is 1. The third-order valence-electron chi connectivity index (χ3n) is 4.37. The summed E-state index contributed by atoms with van der Waals surface area (Å²) in [6.07, 6.45) is 2.48. The lowest BCUT2D eigenvalue weighted by molar-refractivity contribution is 0.270. The third kappa shape index (κ3) is 2.63. The molecule has 3 N–H and O–H groups in total. The molecule has 114 valence electrons. The molecule has 1 unspecified atom stereocenters. The number of likely N-dealkylation sites (N-methyl/N-ethyl adjacent to an activating group) is 2. The summed E-state index contributed by atoms with van der Waals surface area (Å²) in [6, 6.07) is 4.17. The van der Waals surface area contributed by atoms with E-state index in [4.69, 9.17) is 10.2 Å². The lowest BCUT2D eigenvalue weighted by Gasteiger charge is -2.29. The van der Waals surface area contributed by atoms with Crippen LogP contribution in [0.5, 0.6) is 0 Å². The molecule has 0 radical (unpaired) electrons. The maximum absolute atomic E-state index is 11.3. The summed E-state index contributed by atoms with van der Waals surface area (Å²) >= 11 is 0. The summed E-state index contributed by atoms with van der Waals surface area (Å²) < 4.78 is 5.03. The van der Waals surface area contributed by atoms with Gasteiger partial charge in [-0.05, 0) is 32.0 Å². The molecule has 0 bridgehead atoms. The Kier molecular flexibility index (Phi) is 3.63. The molecule has 1 aromatic carbocycles. The topological polar surface area (TPSA) is 78.5 Å². The highest BCUT2D eigenvalue weighted by molar-refractivity contribution is 5.85. The minimum Gasteiger partial charge on any atom is -0.408 e. The maximum atomic E-state index is 11.3. The number of oxazole rings is 1. The number of nitrogens with two attached hydrogens (primary N) is 1. The Bertz CT molecular complexity index is 691. The fraction of sp³-hybridized carbons (Fsp3) is 0.533. The zero-order valence-corrected chi connectivity index (χ0v) is 12.6. The van der Waals surface area contributed by atoms with Gasteiger partial charge in [0, 0.05) is 25.7 Å². The van der Waals surface area contributed by atoms with Gasteiger partial charge in [0.25, 0.3) is 0 Å². The number of H-pyrrole nitrogens is 1. The van der Waals surface area contributed by atoms with Gasteiger partial charge in [0.15, 0.2) is 5.58 Å². The van der Waals surface area contributed by atoms with E-state index in [1.165, 1.54) is 19.4 Å². The number of aromatic nitrogens is 1. The van der Waals surface area contributed by atoms with Crippen molar-refractivity contribution in [3.8, 4) is 0 Å². The minimum absolute atomic E-state index is 0.447. The average Bonchev–Trinajstić information content (AvgIpc) is 3.02. The molecular formula is C15H22N4O2. The number of hydrogen-bond acceptors (Lipinski definition) is 5. The van der Waals surface area contributed by atoms with Crippen LogP contribution >= 0.6 is 0 Å². The Balaban J connectivity index is 1.85. The minimum atomic E-state index is -0.447. The molecule has 0 saturated carbocycles. The van der Waals surface area contributed by atoms with Gasteiger partial charge in [-0.15, -0.1) is 0 Å². The molecule has 2 heterocycles. The van der Waals surface area contributed by atoms with Crippen LogP contribution < -0.4 is 16.4 Å². The predicted octanol–water partition coefficient (Wildman–Crippen LogP) is 1.62. The van der Waals surface area contributed by atoms with Crippen LogP contribution in [0.25, 0.3) is 11.1 Å². The summed E-state index contributed by atoms with van der Waals surface area (Å²) in [4.78, 5) is 18.6. The Labute approximate surface area is 123 Å². The zero-order chi connectivity index (χ0) is 15.0. The fourth-order valence-corrected chi connectivity index (χ4v) is 3.26. The maximum Gasteiger partial charge on any atom is 0.417 e. The molecular weight excluding hydrogens is 268 g/mol. The molecule has 1 aromatic heterocycles. The van der Waals surface area contributed by atoms with E-state index in [0.717, 1.165) is 18.8 Å². The van der Waals surface area contributed by atoms with E-state index in [2.05, 4.69) is 21.7 Å². The molecule has 0 aliphatic carbocycles. The van der Waals surface area contributed by atoms with Crippen molar-refractivity contribution in [1.82, 2.24) is 9.88 Å². The largest absolute Gasteiger partial charge is 0.417 e. The number of likely N-dealkylation sites (tertiary alicyclic amines) is 1. The Morgan fingerprint density at radius 1 is 1.52 bits per heavy atom. The van der Waals surface area contributed by atoms with Crippen molar-refractivity contribution in [2.45, 2.75) is 25.8 Å². The molecule has 21 heavy (non-hydrogen) atoms. The summed E-state index contributed by atoms with van der Waals surface area (Å²) in [5.74, 6) is -0.447. The van der Waals surface area contributed by atoms with Gasteiger partial charge in [-0.2, -0.15) is 0 Å². The van der Waals surface area contributed by atoms with E-state index in [-0.39, 0.29) is 0 Å². The summed E-state index contributed by atoms with van der Waals surface area (Å²) in [5, 5.41) is 0.